The van der Waals surface area contributed by atoms with Gasteiger partial charge in [-0.05, 0) is 44.5 Å². The van der Waals surface area contributed by atoms with Gasteiger partial charge in [0.1, 0.15) is 11.5 Å². The minimum absolute atomic E-state index is 0.0176. The maximum absolute atomic E-state index is 13.1. The molecule has 0 saturated carbocycles. The highest BCUT2D eigenvalue weighted by Crippen LogP contribution is 2.48. The van der Waals surface area contributed by atoms with Gasteiger partial charge in [-0.1, -0.05) is 19.1 Å². The Morgan fingerprint density at radius 1 is 1.07 bits per heavy atom. The summed E-state index contributed by atoms with van der Waals surface area (Å²) in [5, 5.41) is 0. The summed E-state index contributed by atoms with van der Waals surface area (Å²) in [7, 11) is 1.62. The van der Waals surface area contributed by atoms with E-state index in [2.05, 4.69) is 10.4 Å². The van der Waals surface area contributed by atoms with Crippen LogP contribution in [0, 0.1) is 0 Å². The van der Waals surface area contributed by atoms with Gasteiger partial charge in [0.05, 0.1) is 26.0 Å². The molecule has 6 heteroatoms. The van der Waals surface area contributed by atoms with Crippen LogP contribution in [0.3, 0.4) is 0 Å². The minimum Gasteiger partial charge on any atom is -0.496 e. The molecule has 29 heavy (non-hydrogen) atoms. The van der Waals surface area contributed by atoms with Crippen molar-refractivity contribution in [2.45, 2.75) is 26.2 Å². The number of hydrogen-bond donors (Lipinski definition) is 1. The Kier molecular flexibility index (Phi) is 6.02. The van der Waals surface area contributed by atoms with Crippen LogP contribution in [0.15, 0.2) is 30.3 Å². The van der Waals surface area contributed by atoms with Gasteiger partial charge in [0.2, 0.25) is 0 Å². The summed E-state index contributed by atoms with van der Waals surface area (Å²) >= 11 is 0. The molecular weight excluding hydrogens is 368 g/mol. The molecule has 2 aromatic carbocycles. The van der Waals surface area contributed by atoms with E-state index in [-0.39, 0.29) is 5.78 Å². The second-order valence-corrected chi connectivity index (χ2v) is 7.45. The maximum atomic E-state index is 13.1. The molecule has 2 aromatic rings. The third-order valence-corrected chi connectivity index (χ3v) is 5.46. The standard InChI is InChI=1S/C23H28N2O4/c1-3-12-28-16-14-18-22(20(15-16)27-2)21-17(23(18)26)7-6-8-19(21)24-29-13-11-25-9-4-5-10-25/h6-8,14-15,24H,3-5,9-13H2,1-2H3. The number of ether oxygens (including phenoxy) is 2. The summed E-state index contributed by atoms with van der Waals surface area (Å²) < 4.78 is 11.4. The van der Waals surface area contributed by atoms with Gasteiger partial charge < -0.3 is 14.4 Å². The van der Waals surface area contributed by atoms with Crippen LogP contribution in [0.5, 0.6) is 11.5 Å². The first-order valence-electron chi connectivity index (χ1n) is 10.4. The third kappa shape index (κ3) is 3.95. The molecule has 154 valence electrons. The Labute approximate surface area is 171 Å². The topological polar surface area (TPSA) is 60.0 Å². The van der Waals surface area contributed by atoms with Crippen LogP contribution in [-0.2, 0) is 4.84 Å². The Morgan fingerprint density at radius 2 is 1.90 bits per heavy atom. The fourth-order valence-corrected chi connectivity index (χ4v) is 4.04. The summed E-state index contributed by atoms with van der Waals surface area (Å²) in [6.07, 6.45) is 3.43. The predicted octanol–water partition coefficient (Wildman–Crippen LogP) is 4.13. The van der Waals surface area contributed by atoms with Gasteiger partial charge in [-0.3, -0.25) is 15.1 Å². The minimum atomic E-state index is -0.0176. The number of nitrogens with one attached hydrogen (secondary N) is 1. The zero-order chi connectivity index (χ0) is 20.2. The van der Waals surface area contributed by atoms with Gasteiger partial charge in [0.25, 0.3) is 0 Å². The van der Waals surface area contributed by atoms with E-state index in [0.29, 0.717) is 35.8 Å². The summed E-state index contributed by atoms with van der Waals surface area (Å²) in [5.41, 5.74) is 6.72. The average Bonchev–Trinajstić information content (AvgIpc) is 3.36. The van der Waals surface area contributed by atoms with Crippen LogP contribution >= 0.6 is 0 Å². The number of anilines is 1. The van der Waals surface area contributed by atoms with Gasteiger partial charge >= 0.3 is 0 Å². The fourth-order valence-electron chi connectivity index (χ4n) is 4.04. The lowest BCUT2D eigenvalue weighted by atomic mass is 10.0. The van der Waals surface area contributed by atoms with E-state index < -0.39 is 0 Å². The normalized spacial score (nSPS) is 15.3. The lowest BCUT2D eigenvalue weighted by Crippen LogP contribution is -2.25. The van der Waals surface area contributed by atoms with Crippen LogP contribution in [0.2, 0.25) is 0 Å². The van der Waals surface area contributed by atoms with Crippen LogP contribution in [0.25, 0.3) is 11.1 Å². The number of ketones is 1. The van der Waals surface area contributed by atoms with Crippen molar-refractivity contribution in [3.63, 3.8) is 0 Å². The molecule has 1 aliphatic heterocycles. The molecule has 1 N–H and O–H groups in total. The molecule has 0 unspecified atom stereocenters. The second kappa shape index (κ2) is 8.84. The zero-order valence-electron chi connectivity index (χ0n) is 17.1. The predicted molar refractivity (Wildman–Crippen MR) is 113 cm³/mol. The molecule has 0 bridgehead atoms. The molecule has 0 atom stereocenters. The van der Waals surface area contributed by atoms with Crippen LogP contribution in [0.1, 0.15) is 42.1 Å². The maximum Gasteiger partial charge on any atom is 0.194 e. The molecule has 2 aliphatic rings. The molecule has 0 spiro atoms. The number of carbonyl (C=O) groups excluding carboxylic acids is 1. The van der Waals surface area contributed by atoms with Gasteiger partial charge in [0.15, 0.2) is 5.78 Å². The van der Waals surface area contributed by atoms with Crippen LogP contribution in [-0.4, -0.2) is 50.6 Å². The van der Waals surface area contributed by atoms with Crippen molar-refractivity contribution < 1.29 is 19.1 Å². The van der Waals surface area contributed by atoms with Gasteiger partial charge in [0, 0.05) is 34.9 Å². The van der Waals surface area contributed by atoms with Crippen molar-refractivity contribution in [3.8, 4) is 22.6 Å². The smallest absolute Gasteiger partial charge is 0.194 e. The number of hydrogen-bond acceptors (Lipinski definition) is 6. The lowest BCUT2D eigenvalue weighted by molar-refractivity contribution is 0.104. The van der Waals surface area contributed by atoms with Crippen molar-refractivity contribution in [3.05, 3.63) is 41.5 Å². The molecule has 0 aromatic heterocycles. The van der Waals surface area contributed by atoms with E-state index in [1.165, 1.54) is 12.8 Å². The molecular formula is C23H28N2O4. The van der Waals surface area contributed by atoms with Crippen molar-refractivity contribution >= 4 is 11.5 Å². The Balaban J connectivity index is 1.58. The van der Waals surface area contributed by atoms with E-state index in [1.54, 1.807) is 7.11 Å². The van der Waals surface area contributed by atoms with E-state index in [1.807, 2.05) is 37.3 Å². The average molecular weight is 396 g/mol. The first-order chi connectivity index (χ1) is 14.2. The highest BCUT2D eigenvalue weighted by atomic mass is 16.6. The quantitative estimate of drug-likeness (QED) is 0.433. The van der Waals surface area contributed by atoms with Gasteiger partial charge in [-0.25, -0.2) is 0 Å². The van der Waals surface area contributed by atoms with Gasteiger partial charge in [-0.15, -0.1) is 0 Å². The molecule has 1 aliphatic carbocycles. The second-order valence-electron chi connectivity index (χ2n) is 7.45. The Hall–Kier alpha value is -2.57. The highest BCUT2D eigenvalue weighted by molar-refractivity contribution is 6.24. The summed E-state index contributed by atoms with van der Waals surface area (Å²) in [4.78, 5) is 21.2. The Bertz CT molecular complexity index is 891. The molecule has 1 saturated heterocycles. The summed E-state index contributed by atoms with van der Waals surface area (Å²) in [6, 6.07) is 9.31. The van der Waals surface area contributed by atoms with Crippen molar-refractivity contribution in [1.29, 1.82) is 0 Å². The van der Waals surface area contributed by atoms with E-state index >= 15 is 0 Å². The van der Waals surface area contributed by atoms with Crippen LogP contribution in [0.4, 0.5) is 5.69 Å². The van der Waals surface area contributed by atoms with E-state index in [0.717, 1.165) is 42.9 Å². The van der Waals surface area contributed by atoms with Crippen LogP contribution < -0.4 is 15.0 Å². The van der Waals surface area contributed by atoms with Crippen molar-refractivity contribution in [2.75, 3.05) is 45.4 Å². The molecule has 1 heterocycles. The molecule has 4 rings (SSSR count). The Morgan fingerprint density at radius 3 is 2.66 bits per heavy atom. The first-order valence-corrected chi connectivity index (χ1v) is 10.4. The number of rotatable bonds is 9. The summed E-state index contributed by atoms with van der Waals surface area (Å²) in [5.74, 6) is 1.27. The number of likely N-dealkylation sites (tertiary alicyclic amines) is 1. The summed E-state index contributed by atoms with van der Waals surface area (Å²) in [6.45, 7) is 6.43. The highest BCUT2D eigenvalue weighted by Gasteiger charge is 2.32. The van der Waals surface area contributed by atoms with Gasteiger partial charge in [-0.2, -0.15) is 0 Å². The number of methoxy groups -OCH3 is 1. The molecule has 6 nitrogen and oxygen atoms in total. The van der Waals surface area contributed by atoms with E-state index in [4.69, 9.17) is 14.3 Å². The van der Waals surface area contributed by atoms with E-state index in [9.17, 15) is 4.79 Å². The monoisotopic (exact) mass is 396 g/mol. The van der Waals surface area contributed by atoms with Crippen molar-refractivity contribution in [1.82, 2.24) is 4.90 Å². The number of nitrogens with zero attached hydrogens (tertiary/aromatic N) is 1. The zero-order valence-corrected chi connectivity index (χ0v) is 17.1. The molecule has 1 fully saturated rings. The molecule has 0 radical (unpaired) electrons. The molecule has 0 amide bonds. The SMILES string of the molecule is CCCOc1cc(OC)c2c(c1)C(=O)c1cccc(NOCCN3CCCC3)c1-2. The number of carbonyl (C=O) groups is 1. The first kappa shape index (κ1) is 19.7. The van der Waals surface area contributed by atoms with Crippen molar-refractivity contribution in [2.24, 2.45) is 0 Å². The lowest BCUT2D eigenvalue weighted by Gasteiger charge is -2.17. The fraction of sp³-hybridized carbons (Fsp3) is 0.435. The number of fused-ring (bicyclic) bond motifs is 3. The number of benzene rings is 2. The largest absolute Gasteiger partial charge is 0.496 e. The third-order valence-electron chi connectivity index (χ3n) is 5.46.